The Morgan fingerprint density at radius 3 is 1.73 bits per heavy atom. The van der Waals surface area contributed by atoms with Crippen molar-refractivity contribution in [1.29, 1.82) is 0 Å². The lowest BCUT2D eigenvalue weighted by Gasteiger charge is -2.20. The van der Waals surface area contributed by atoms with E-state index in [-0.39, 0.29) is 73.4 Å². The number of hydrogen-bond donors (Lipinski definition) is 6. The summed E-state index contributed by atoms with van der Waals surface area (Å²) in [6.07, 6.45) is 3.40. The molecule has 5 aromatic rings. The molecule has 28 heteroatoms. The van der Waals surface area contributed by atoms with Crippen molar-refractivity contribution in [3.05, 3.63) is 128 Å². The van der Waals surface area contributed by atoms with Gasteiger partial charge >= 0.3 is 0 Å². The minimum absolute atomic E-state index is 0.0193. The number of likely N-dealkylation sites (N-methyl/N-ethyl adjacent to an activating group) is 1. The lowest BCUT2D eigenvalue weighted by atomic mass is 10.0. The predicted octanol–water partition coefficient (Wildman–Crippen LogP) is 3.32. The van der Waals surface area contributed by atoms with Crippen molar-refractivity contribution in [3.8, 4) is 0 Å². The number of ether oxygens (including phenoxy) is 6. The van der Waals surface area contributed by atoms with Crippen LogP contribution >= 0.6 is 0 Å². The van der Waals surface area contributed by atoms with Crippen LogP contribution in [0.5, 0.6) is 0 Å². The van der Waals surface area contributed by atoms with E-state index in [0.29, 0.717) is 119 Å². The van der Waals surface area contributed by atoms with Crippen molar-refractivity contribution >= 4 is 40.7 Å². The highest BCUT2D eigenvalue weighted by Crippen LogP contribution is 2.26. The molecule has 4 heterocycles. The van der Waals surface area contributed by atoms with Gasteiger partial charge in [-0.25, -0.2) is 22.2 Å². The van der Waals surface area contributed by atoms with Crippen molar-refractivity contribution in [2.24, 2.45) is 20.0 Å². The summed E-state index contributed by atoms with van der Waals surface area (Å²) in [4.78, 5) is 65.6. The van der Waals surface area contributed by atoms with Gasteiger partial charge in [-0.3, -0.25) is 34.0 Å². The molecule has 0 saturated heterocycles. The number of hydrogen-bond acceptors (Lipinski definition) is 18. The predicted molar refractivity (Wildman–Crippen MR) is 292 cm³/mol. The molecule has 0 aliphatic carbocycles. The smallest absolute Gasteiger partial charge is 0.292 e. The van der Waals surface area contributed by atoms with Crippen molar-refractivity contribution in [2.45, 2.75) is 47.3 Å². The lowest BCUT2D eigenvalue weighted by molar-refractivity contribution is -0.117. The average molecular weight is 1170 g/mol. The molecule has 24 nitrogen and oxygen atoms in total. The Morgan fingerprint density at radius 1 is 0.627 bits per heavy atom. The summed E-state index contributed by atoms with van der Waals surface area (Å²) in [5.41, 5.74) is 7.51. The third-order valence-corrected chi connectivity index (χ3v) is 13.5. The van der Waals surface area contributed by atoms with E-state index in [4.69, 9.17) is 28.4 Å². The van der Waals surface area contributed by atoms with E-state index >= 15 is 0 Å². The average Bonchev–Trinajstić information content (AvgIpc) is 3.96. The topological polar surface area (TPSA) is 268 Å². The Balaban J connectivity index is 0.735. The first-order valence-electron chi connectivity index (χ1n) is 26.6. The number of ketones is 2. The second kappa shape index (κ2) is 31.7. The fraction of sp³-hybridized carbons (Fsp3) is 0.473. The molecule has 6 rings (SSSR count). The van der Waals surface area contributed by atoms with Crippen LogP contribution in [0.4, 0.5) is 28.9 Å². The summed E-state index contributed by atoms with van der Waals surface area (Å²) < 4.78 is 92.7. The number of benzene rings is 2. The fourth-order valence-corrected chi connectivity index (χ4v) is 8.76. The van der Waals surface area contributed by atoms with E-state index in [9.17, 15) is 46.6 Å². The molecule has 1 aliphatic heterocycles. The van der Waals surface area contributed by atoms with Crippen molar-refractivity contribution in [1.82, 2.24) is 50.3 Å². The summed E-state index contributed by atoms with van der Waals surface area (Å²) in [5.74, 6) is -8.25. The number of anilines is 2. The highest BCUT2D eigenvalue weighted by molar-refractivity contribution is 6.44. The number of nitrogens with zero attached hydrogens (tertiary/aromatic N) is 7. The number of nitrogens with one attached hydrogen (secondary N) is 5. The van der Waals surface area contributed by atoms with Crippen LogP contribution in [0.3, 0.4) is 0 Å². The lowest BCUT2D eigenvalue weighted by Crippen LogP contribution is -2.41. The third-order valence-electron chi connectivity index (χ3n) is 13.5. The second-order valence-corrected chi connectivity index (χ2v) is 19.3. The molecule has 2 aromatic carbocycles. The first kappa shape index (κ1) is 64.6. The molecular weight excluding hydrogens is 1100 g/mol. The maximum atomic E-state index is 13.7. The van der Waals surface area contributed by atoms with Gasteiger partial charge in [0.1, 0.15) is 11.4 Å². The Labute approximate surface area is 477 Å². The molecule has 0 saturated carbocycles. The molecule has 1 atom stereocenters. The van der Waals surface area contributed by atoms with Gasteiger partial charge in [0, 0.05) is 73.9 Å². The van der Waals surface area contributed by atoms with Gasteiger partial charge in [-0.1, -0.05) is 5.21 Å². The van der Waals surface area contributed by atoms with Crippen LogP contribution in [-0.2, 0) is 71.7 Å². The highest BCUT2D eigenvalue weighted by atomic mass is 19.2. The minimum Gasteiger partial charge on any atom is -0.396 e. The molecule has 6 N–H and O–H groups in total. The number of carbonyl (C=O) groups is 5. The number of aliphatic hydroxyl groups is 1. The highest BCUT2D eigenvalue weighted by Gasteiger charge is 2.30. The molecule has 0 spiro atoms. The molecule has 83 heavy (non-hydrogen) atoms. The molecule has 0 radical (unpaired) electrons. The van der Waals surface area contributed by atoms with E-state index in [0.717, 1.165) is 24.3 Å². The van der Waals surface area contributed by atoms with E-state index in [2.05, 4.69) is 37.1 Å². The van der Waals surface area contributed by atoms with Crippen molar-refractivity contribution < 1.29 is 75.1 Å². The molecule has 0 bridgehead atoms. The van der Waals surface area contributed by atoms with Crippen molar-refractivity contribution in [3.63, 3.8) is 0 Å². The molecule has 452 valence electrons. The van der Waals surface area contributed by atoms with Crippen molar-refractivity contribution in [2.75, 3.05) is 117 Å². The first-order valence-corrected chi connectivity index (χ1v) is 26.6. The van der Waals surface area contributed by atoms with Crippen LogP contribution in [0.2, 0.25) is 0 Å². The van der Waals surface area contributed by atoms with Gasteiger partial charge < -0.3 is 63.9 Å². The number of carbonyl (C=O) groups excluding carboxylic acids is 5. The Kier molecular flexibility index (Phi) is 24.7. The maximum Gasteiger partial charge on any atom is 0.292 e. The summed E-state index contributed by atoms with van der Waals surface area (Å²) in [5, 5.41) is 32.1. The van der Waals surface area contributed by atoms with Gasteiger partial charge in [0.25, 0.3) is 29.3 Å². The van der Waals surface area contributed by atoms with Gasteiger partial charge in [0.15, 0.2) is 23.3 Å². The number of halogens is 4. The summed E-state index contributed by atoms with van der Waals surface area (Å²) in [6, 6.07) is 6.41. The van der Waals surface area contributed by atoms with Gasteiger partial charge in [-0.15, -0.1) is 10.6 Å². The van der Waals surface area contributed by atoms with E-state index in [1.54, 1.807) is 73.6 Å². The number of Topliss-reactive ketones (excluding diaryl/α,β-unsaturated/α-hetero) is 2. The zero-order valence-corrected chi connectivity index (χ0v) is 47.5. The van der Waals surface area contributed by atoms with Crippen LogP contribution in [0, 0.1) is 56.9 Å². The molecule has 3 amide bonds. The second-order valence-electron chi connectivity index (χ2n) is 19.3. The Hall–Kier alpha value is -7.57. The fourth-order valence-electron chi connectivity index (χ4n) is 8.76. The zero-order chi connectivity index (χ0) is 60.2. The Morgan fingerprint density at radius 2 is 1.14 bits per heavy atom. The molecule has 1 aliphatic rings. The normalized spacial score (nSPS) is 12.7. The van der Waals surface area contributed by atoms with E-state index in [1.165, 1.54) is 23.6 Å². The zero-order valence-electron chi connectivity index (χ0n) is 47.5. The number of aliphatic hydroxyl groups excluding tert-OH is 1. The quantitative estimate of drug-likeness (QED) is 0.0145. The minimum atomic E-state index is -1.13. The number of amides is 3. The molecule has 1 unspecified atom stereocenters. The standard InChI is InChI=1S/C55H72F4N12O12/c1-34-47(28-60-39-8-10-43(56)45(58)24-39)67(5)36(3)48(34)51(73)54(76)61-26-41-29-70(65-64-41)12-14-78-16-18-80-20-22-82-32-38(31-72)33-83-23-21-81-19-17-79-15-13-71-30-42(69(7)66-71)27-62-55(77)52(74)49-35(2)50(68(6)37(49)4)53(75)63-40-9-11-44(57)46(59)25-40/h8-11,24-25,29-30,38,60,66,72H,12-23,26-28,31-33H2,1-7H3,(H,61,76)(H,62,77)(H,63,75). The largest absolute Gasteiger partial charge is 0.396 e. The molecule has 0 fully saturated rings. The summed E-state index contributed by atoms with van der Waals surface area (Å²) in [6.45, 7) is 11.3. The van der Waals surface area contributed by atoms with Crippen LogP contribution < -0.4 is 26.8 Å². The van der Waals surface area contributed by atoms with Gasteiger partial charge in [0.05, 0.1) is 142 Å². The van der Waals surface area contributed by atoms with Gasteiger partial charge in [-0.05, 0) is 63.1 Å². The van der Waals surface area contributed by atoms with E-state index < -0.39 is 52.6 Å². The van der Waals surface area contributed by atoms with Gasteiger partial charge in [0.2, 0.25) is 0 Å². The SMILES string of the molecule is Cc1c(C(=O)C(=O)NCc2cn(CCOCCOCCOCC(CO)COCCOCCOCCN3C=C(CNC(=O)C(=O)c4c(C)c(C(=O)Nc5ccc(F)c(F)c5)n(C)c4C)N(C)N3)nn2)c(C)n(C)c1CNc1ccc(F)c(F)c1. The first-order chi connectivity index (χ1) is 39.8. The van der Waals surface area contributed by atoms with Crippen LogP contribution in [0.1, 0.15) is 65.1 Å². The Bertz CT molecular complexity index is 3080. The third kappa shape index (κ3) is 18.2. The number of hydrazine groups is 2. The summed E-state index contributed by atoms with van der Waals surface area (Å²) >= 11 is 0. The van der Waals surface area contributed by atoms with Gasteiger partial charge in [-0.2, -0.15) is 0 Å². The van der Waals surface area contributed by atoms with Crippen LogP contribution in [0.15, 0.2) is 54.5 Å². The van der Waals surface area contributed by atoms with Crippen LogP contribution in [0.25, 0.3) is 0 Å². The number of aromatic nitrogens is 5. The monoisotopic (exact) mass is 1170 g/mol. The molecule has 3 aromatic heterocycles. The van der Waals surface area contributed by atoms with Crippen LogP contribution in [-0.4, -0.2) is 175 Å². The maximum absolute atomic E-state index is 13.7. The molecular formula is C55H72F4N12O12. The number of rotatable bonds is 36. The van der Waals surface area contributed by atoms with E-state index in [1.807, 2.05) is 0 Å². The summed E-state index contributed by atoms with van der Waals surface area (Å²) in [7, 11) is 5.06.